The number of aryl methyl sites for hydroxylation is 1. The Balaban J connectivity index is 3.16. The number of hydrogen-bond donors (Lipinski definition) is 1. The van der Waals surface area contributed by atoms with Crippen molar-refractivity contribution in [1.29, 1.82) is 0 Å². The smallest absolute Gasteiger partial charge is 0.139 e. The number of hydrogen-bond acceptors (Lipinski definition) is 1. The highest BCUT2D eigenvalue weighted by Gasteiger charge is 2.41. The Morgan fingerprint density at radius 3 is 2.33 bits per heavy atom. The van der Waals surface area contributed by atoms with Gasteiger partial charge in [-0.1, -0.05) is 43.7 Å². The molecule has 0 saturated carbocycles. The van der Waals surface area contributed by atoms with Gasteiger partial charge >= 0.3 is 0 Å². The summed E-state index contributed by atoms with van der Waals surface area (Å²) in [5.41, 5.74) is 5.46. The van der Waals surface area contributed by atoms with E-state index < -0.39 is 11.1 Å². The maximum absolute atomic E-state index is 14.7. The number of alkyl halides is 1. The first-order chi connectivity index (χ1) is 6.81. The molecule has 1 rings (SSSR count). The van der Waals surface area contributed by atoms with E-state index in [1.54, 1.807) is 6.92 Å². The second-order valence-electron chi connectivity index (χ2n) is 4.96. The molecule has 0 heterocycles. The highest BCUT2D eigenvalue weighted by atomic mass is 19.1. The molecule has 2 heteroatoms. The fraction of sp³-hybridized carbons (Fsp3) is 0.538. The molecule has 0 saturated heterocycles. The average Bonchev–Trinajstić information content (AvgIpc) is 2.17. The molecule has 15 heavy (non-hydrogen) atoms. The molecule has 1 atom stereocenters. The quantitative estimate of drug-likeness (QED) is 0.813. The molecule has 0 amide bonds. The molecule has 1 aromatic carbocycles. The molecule has 1 aromatic rings. The summed E-state index contributed by atoms with van der Waals surface area (Å²) in [6.07, 6.45) is 0. The summed E-state index contributed by atoms with van der Waals surface area (Å²) >= 11 is 0. The highest BCUT2D eigenvalue weighted by Crippen LogP contribution is 2.42. The summed E-state index contributed by atoms with van der Waals surface area (Å²) in [6, 6.07) is 7.56. The van der Waals surface area contributed by atoms with E-state index in [0.717, 1.165) is 5.56 Å². The van der Waals surface area contributed by atoms with Crippen molar-refractivity contribution < 1.29 is 4.39 Å². The lowest BCUT2D eigenvalue weighted by molar-refractivity contribution is 0.0371. The number of benzene rings is 1. The minimum Gasteiger partial charge on any atom is -0.330 e. The predicted octanol–water partition coefficient (Wildman–Crippen LogP) is 3.16. The van der Waals surface area contributed by atoms with Gasteiger partial charge in [-0.05, 0) is 19.4 Å². The maximum atomic E-state index is 14.7. The van der Waals surface area contributed by atoms with Gasteiger partial charge in [0.15, 0.2) is 0 Å². The molecular weight excluding hydrogens is 189 g/mol. The van der Waals surface area contributed by atoms with Crippen LogP contribution < -0.4 is 5.73 Å². The van der Waals surface area contributed by atoms with Gasteiger partial charge in [0.2, 0.25) is 0 Å². The van der Waals surface area contributed by atoms with Crippen LogP contribution in [0.15, 0.2) is 24.3 Å². The highest BCUT2D eigenvalue weighted by molar-refractivity contribution is 5.28. The van der Waals surface area contributed by atoms with Crippen molar-refractivity contribution in [2.24, 2.45) is 11.1 Å². The SMILES string of the molecule is Cc1cccc(C(C)(F)C(C)(C)CN)c1. The number of nitrogens with two attached hydrogens (primary N) is 1. The van der Waals surface area contributed by atoms with Gasteiger partial charge in [-0.3, -0.25) is 0 Å². The lowest BCUT2D eigenvalue weighted by Gasteiger charge is -2.37. The van der Waals surface area contributed by atoms with E-state index in [4.69, 9.17) is 5.73 Å². The van der Waals surface area contributed by atoms with Crippen LogP contribution in [-0.4, -0.2) is 6.54 Å². The monoisotopic (exact) mass is 209 g/mol. The van der Waals surface area contributed by atoms with E-state index in [0.29, 0.717) is 12.1 Å². The van der Waals surface area contributed by atoms with Crippen molar-refractivity contribution in [1.82, 2.24) is 0 Å². The molecule has 0 spiro atoms. The third-order valence-corrected chi connectivity index (χ3v) is 3.34. The van der Waals surface area contributed by atoms with Crippen molar-refractivity contribution in [3.63, 3.8) is 0 Å². The zero-order valence-electron chi connectivity index (χ0n) is 9.97. The fourth-order valence-electron chi connectivity index (χ4n) is 1.52. The normalized spacial score (nSPS) is 16.1. The van der Waals surface area contributed by atoms with E-state index in [9.17, 15) is 4.39 Å². The van der Waals surface area contributed by atoms with Crippen molar-refractivity contribution in [2.75, 3.05) is 6.54 Å². The van der Waals surface area contributed by atoms with Crippen LogP contribution in [0.3, 0.4) is 0 Å². The van der Waals surface area contributed by atoms with Crippen LogP contribution in [-0.2, 0) is 5.67 Å². The maximum Gasteiger partial charge on any atom is 0.139 e. The van der Waals surface area contributed by atoms with Gasteiger partial charge in [0, 0.05) is 12.0 Å². The summed E-state index contributed by atoms with van der Waals surface area (Å²) in [6.45, 7) is 7.61. The predicted molar refractivity (Wildman–Crippen MR) is 62.5 cm³/mol. The second-order valence-corrected chi connectivity index (χ2v) is 4.96. The van der Waals surface area contributed by atoms with E-state index in [2.05, 4.69) is 0 Å². The van der Waals surface area contributed by atoms with Gasteiger partial charge in [0.1, 0.15) is 5.67 Å². The zero-order valence-corrected chi connectivity index (χ0v) is 9.97. The standard InChI is InChI=1S/C13H20FN/c1-10-6-5-7-11(8-10)13(4,14)12(2,3)9-15/h5-8H,9,15H2,1-4H3. The number of rotatable bonds is 3. The molecule has 0 aliphatic carbocycles. The third-order valence-electron chi connectivity index (χ3n) is 3.34. The lowest BCUT2D eigenvalue weighted by atomic mass is 9.73. The van der Waals surface area contributed by atoms with E-state index in [1.807, 2.05) is 45.0 Å². The molecular formula is C13H20FN. The molecule has 1 unspecified atom stereocenters. The lowest BCUT2D eigenvalue weighted by Crippen LogP contribution is -2.41. The summed E-state index contributed by atoms with van der Waals surface area (Å²) in [7, 11) is 0. The van der Waals surface area contributed by atoms with Gasteiger partial charge in [0.05, 0.1) is 0 Å². The van der Waals surface area contributed by atoms with E-state index in [-0.39, 0.29) is 0 Å². The summed E-state index contributed by atoms with van der Waals surface area (Å²) in [5, 5.41) is 0. The molecule has 0 fully saturated rings. The van der Waals surface area contributed by atoms with Crippen LogP contribution in [0.5, 0.6) is 0 Å². The van der Waals surface area contributed by atoms with Gasteiger partial charge in [-0.25, -0.2) is 4.39 Å². The minimum atomic E-state index is -1.40. The van der Waals surface area contributed by atoms with Gasteiger partial charge in [-0.2, -0.15) is 0 Å². The topological polar surface area (TPSA) is 26.0 Å². The summed E-state index contributed by atoms with van der Waals surface area (Å²) < 4.78 is 14.7. The first-order valence-electron chi connectivity index (χ1n) is 5.27. The van der Waals surface area contributed by atoms with Gasteiger partial charge in [-0.15, -0.1) is 0 Å². The molecule has 0 aliphatic rings. The molecule has 0 bridgehead atoms. The zero-order chi connectivity index (χ0) is 11.7. The Labute approximate surface area is 91.5 Å². The van der Waals surface area contributed by atoms with Crippen LogP contribution >= 0.6 is 0 Å². The molecule has 1 nitrogen and oxygen atoms in total. The Bertz CT molecular complexity index is 342. The summed E-state index contributed by atoms with van der Waals surface area (Å²) in [4.78, 5) is 0. The minimum absolute atomic E-state index is 0.327. The van der Waals surface area contributed by atoms with Gasteiger partial charge in [0.25, 0.3) is 0 Å². The van der Waals surface area contributed by atoms with Crippen LogP contribution in [0.25, 0.3) is 0 Å². The average molecular weight is 209 g/mol. The molecule has 0 aromatic heterocycles. The Hall–Kier alpha value is -0.890. The van der Waals surface area contributed by atoms with Crippen molar-refractivity contribution in [3.05, 3.63) is 35.4 Å². The first kappa shape index (κ1) is 12.2. The van der Waals surface area contributed by atoms with Crippen molar-refractivity contribution in [2.45, 2.75) is 33.4 Å². The largest absolute Gasteiger partial charge is 0.330 e. The van der Waals surface area contributed by atoms with Crippen molar-refractivity contribution >= 4 is 0 Å². The second kappa shape index (κ2) is 3.93. The number of halogens is 1. The fourth-order valence-corrected chi connectivity index (χ4v) is 1.52. The molecule has 0 radical (unpaired) electrons. The Kier molecular flexibility index (Phi) is 3.19. The van der Waals surface area contributed by atoms with E-state index in [1.165, 1.54) is 0 Å². The first-order valence-corrected chi connectivity index (χ1v) is 5.27. The van der Waals surface area contributed by atoms with Crippen LogP contribution in [0.2, 0.25) is 0 Å². The summed E-state index contributed by atoms with van der Waals surface area (Å²) in [5.74, 6) is 0. The molecule has 0 aliphatic heterocycles. The Morgan fingerprint density at radius 2 is 1.87 bits per heavy atom. The van der Waals surface area contributed by atoms with E-state index >= 15 is 0 Å². The molecule has 84 valence electrons. The van der Waals surface area contributed by atoms with Crippen LogP contribution in [0.4, 0.5) is 4.39 Å². The van der Waals surface area contributed by atoms with Gasteiger partial charge < -0.3 is 5.73 Å². The third kappa shape index (κ3) is 2.20. The molecule has 2 N–H and O–H groups in total. The van der Waals surface area contributed by atoms with Crippen LogP contribution in [0, 0.1) is 12.3 Å². The van der Waals surface area contributed by atoms with Crippen molar-refractivity contribution in [3.8, 4) is 0 Å². The van der Waals surface area contributed by atoms with Crippen LogP contribution in [0.1, 0.15) is 31.9 Å². The Morgan fingerprint density at radius 1 is 1.27 bits per heavy atom.